The maximum Gasteiger partial charge on any atom is 0.274 e. The van der Waals surface area contributed by atoms with E-state index in [1.165, 1.54) is 6.33 Å². The highest BCUT2D eigenvalue weighted by Crippen LogP contribution is 2.18. The number of ether oxygens (including phenoxy) is 1. The van der Waals surface area contributed by atoms with E-state index in [-0.39, 0.29) is 11.9 Å². The van der Waals surface area contributed by atoms with Gasteiger partial charge in [0.05, 0.1) is 7.11 Å². The van der Waals surface area contributed by atoms with Gasteiger partial charge in [0, 0.05) is 38.4 Å². The quantitative estimate of drug-likeness (QED) is 0.903. The smallest absolute Gasteiger partial charge is 0.274 e. The molecular formula is C15H20N6O2. The van der Waals surface area contributed by atoms with Crippen LogP contribution in [0.1, 0.15) is 23.3 Å². The van der Waals surface area contributed by atoms with Crippen LogP contribution in [0.4, 0.5) is 5.82 Å². The van der Waals surface area contributed by atoms with Gasteiger partial charge in [0.15, 0.2) is 0 Å². The molecule has 1 fully saturated rings. The van der Waals surface area contributed by atoms with Crippen molar-refractivity contribution in [2.75, 3.05) is 25.5 Å². The summed E-state index contributed by atoms with van der Waals surface area (Å²) in [5, 5.41) is 7.54. The molecule has 0 radical (unpaired) electrons. The molecule has 122 valence electrons. The van der Waals surface area contributed by atoms with E-state index in [0.717, 1.165) is 18.7 Å². The number of likely N-dealkylation sites (tertiary alicyclic amines) is 1. The Kier molecular flexibility index (Phi) is 4.40. The molecule has 2 aromatic rings. The lowest BCUT2D eigenvalue weighted by Gasteiger charge is -2.32. The first-order chi connectivity index (χ1) is 11.2. The van der Waals surface area contributed by atoms with Crippen LogP contribution < -0.4 is 10.1 Å². The summed E-state index contributed by atoms with van der Waals surface area (Å²) in [4.78, 5) is 22.4. The Morgan fingerprint density at radius 2 is 2.13 bits per heavy atom. The van der Waals surface area contributed by atoms with E-state index in [4.69, 9.17) is 4.74 Å². The van der Waals surface area contributed by atoms with Crippen LogP contribution in [0.25, 0.3) is 0 Å². The second-order valence-corrected chi connectivity index (χ2v) is 5.53. The number of hydrogen-bond acceptors (Lipinski definition) is 6. The molecule has 0 bridgehead atoms. The van der Waals surface area contributed by atoms with Gasteiger partial charge >= 0.3 is 0 Å². The highest BCUT2D eigenvalue weighted by Gasteiger charge is 2.25. The number of amides is 1. The minimum Gasteiger partial charge on any atom is -0.481 e. The van der Waals surface area contributed by atoms with Gasteiger partial charge < -0.3 is 15.0 Å². The zero-order valence-corrected chi connectivity index (χ0v) is 13.3. The number of rotatable bonds is 4. The van der Waals surface area contributed by atoms with E-state index in [1.54, 1.807) is 30.1 Å². The van der Waals surface area contributed by atoms with Crippen molar-refractivity contribution in [3.05, 3.63) is 30.4 Å². The maximum atomic E-state index is 12.4. The van der Waals surface area contributed by atoms with Crippen molar-refractivity contribution in [1.82, 2.24) is 24.6 Å². The summed E-state index contributed by atoms with van der Waals surface area (Å²) in [6, 6.07) is 3.80. The van der Waals surface area contributed by atoms with Crippen molar-refractivity contribution < 1.29 is 9.53 Å². The highest BCUT2D eigenvalue weighted by atomic mass is 16.5. The van der Waals surface area contributed by atoms with Gasteiger partial charge in [0.2, 0.25) is 5.88 Å². The third-order valence-electron chi connectivity index (χ3n) is 3.92. The Hall–Kier alpha value is -2.64. The minimum absolute atomic E-state index is 0.00671. The van der Waals surface area contributed by atoms with Gasteiger partial charge in [-0.2, -0.15) is 5.10 Å². The molecule has 8 heteroatoms. The van der Waals surface area contributed by atoms with Crippen molar-refractivity contribution >= 4 is 11.7 Å². The van der Waals surface area contributed by atoms with Gasteiger partial charge in [-0.1, -0.05) is 0 Å². The predicted molar refractivity (Wildman–Crippen MR) is 84.3 cm³/mol. The van der Waals surface area contributed by atoms with E-state index in [2.05, 4.69) is 20.4 Å². The minimum atomic E-state index is -0.00671. The summed E-state index contributed by atoms with van der Waals surface area (Å²) in [7, 11) is 3.39. The van der Waals surface area contributed by atoms with Crippen LogP contribution >= 0.6 is 0 Å². The molecule has 1 saturated heterocycles. The van der Waals surface area contributed by atoms with Crippen molar-refractivity contribution in [1.29, 1.82) is 0 Å². The van der Waals surface area contributed by atoms with Crippen LogP contribution in [0, 0.1) is 0 Å². The molecule has 1 aliphatic rings. The van der Waals surface area contributed by atoms with Gasteiger partial charge in [-0.05, 0) is 18.9 Å². The number of aromatic nitrogens is 4. The number of aryl methyl sites for hydroxylation is 1. The Bertz CT molecular complexity index is 678. The van der Waals surface area contributed by atoms with Crippen molar-refractivity contribution in [3.63, 3.8) is 0 Å². The van der Waals surface area contributed by atoms with E-state index >= 15 is 0 Å². The lowest BCUT2D eigenvalue weighted by molar-refractivity contribution is 0.0711. The second-order valence-electron chi connectivity index (χ2n) is 5.53. The molecular weight excluding hydrogens is 296 g/mol. The van der Waals surface area contributed by atoms with Crippen LogP contribution in [-0.2, 0) is 7.05 Å². The standard InChI is InChI=1S/C15H20N6O2/c1-20-6-5-12(19-20)15(22)21-7-3-11(4-8-21)18-13-9-14(23-2)17-10-16-13/h5-6,9-11H,3-4,7-8H2,1-2H3,(H,16,17,18). The lowest BCUT2D eigenvalue weighted by Crippen LogP contribution is -2.42. The number of carbonyl (C=O) groups excluding carboxylic acids is 1. The third kappa shape index (κ3) is 3.58. The van der Waals surface area contributed by atoms with E-state index in [9.17, 15) is 4.79 Å². The summed E-state index contributed by atoms with van der Waals surface area (Å²) < 4.78 is 6.73. The average Bonchev–Trinajstić information content (AvgIpc) is 3.01. The summed E-state index contributed by atoms with van der Waals surface area (Å²) in [5.41, 5.74) is 0.499. The van der Waals surface area contributed by atoms with Gasteiger partial charge in [0.1, 0.15) is 17.8 Å². The Morgan fingerprint density at radius 1 is 1.35 bits per heavy atom. The fraction of sp³-hybridized carbons (Fsp3) is 0.467. The lowest BCUT2D eigenvalue weighted by atomic mass is 10.0. The van der Waals surface area contributed by atoms with E-state index in [0.29, 0.717) is 24.7 Å². The second kappa shape index (κ2) is 6.64. The fourth-order valence-corrected chi connectivity index (χ4v) is 2.66. The SMILES string of the molecule is COc1cc(NC2CCN(C(=O)c3ccn(C)n3)CC2)ncn1. The van der Waals surface area contributed by atoms with E-state index < -0.39 is 0 Å². The first kappa shape index (κ1) is 15.3. The normalized spacial score (nSPS) is 15.5. The highest BCUT2D eigenvalue weighted by molar-refractivity contribution is 5.92. The number of nitrogens with one attached hydrogen (secondary N) is 1. The number of nitrogens with zero attached hydrogens (tertiary/aromatic N) is 5. The van der Waals surface area contributed by atoms with Gasteiger partial charge in [0.25, 0.3) is 5.91 Å². The average molecular weight is 316 g/mol. The number of carbonyl (C=O) groups is 1. The van der Waals surface area contributed by atoms with Crippen LogP contribution in [0.15, 0.2) is 24.7 Å². The number of hydrogen-bond donors (Lipinski definition) is 1. The van der Waals surface area contributed by atoms with Crippen LogP contribution in [-0.4, -0.2) is 56.8 Å². The molecule has 3 rings (SSSR count). The zero-order valence-electron chi connectivity index (χ0n) is 13.3. The fourth-order valence-electron chi connectivity index (χ4n) is 2.66. The summed E-state index contributed by atoms with van der Waals surface area (Å²) in [6.07, 6.45) is 4.99. The monoisotopic (exact) mass is 316 g/mol. The topological polar surface area (TPSA) is 85.2 Å². The molecule has 3 heterocycles. The molecule has 8 nitrogen and oxygen atoms in total. The van der Waals surface area contributed by atoms with Gasteiger partial charge in [-0.25, -0.2) is 9.97 Å². The molecule has 23 heavy (non-hydrogen) atoms. The maximum absolute atomic E-state index is 12.4. The largest absolute Gasteiger partial charge is 0.481 e. The van der Waals surface area contributed by atoms with Crippen molar-refractivity contribution in [2.24, 2.45) is 7.05 Å². The number of anilines is 1. The molecule has 0 spiro atoms. The van der Waals surface area contributed by atoms with E-state index in [1.807, 2.05) is 11.9 Å². The first-order valence-electron chi connectivity index (χ1n) is 7.57. The van der Waals surface area contributed by atoms with Crippen LogP contribution in [0.2, 0.25) is 0 Å². The molecule has 1 aliphatic heterocycles. The number of piperidine rings is 1. The summed E-state index contributed by atoms with van der Waals surface area (Å²) >= 11 is 0. The Morgan fingerprint density at radius 3 is 2.78 bits per heavy atom. The first-order valence-corrected chi connectivity index (χ1v) is 7.57. The third-order valence-corrected chi connectivity index (χ3v) is 3.92. The van der Waals surface area contributed by atoms with Crippen molar-refractivity contribution in [3.8, 4) is 5.88 Å². The van der Waals surface area contributed by atoms with Crippen LogP contribution in [0.3, 0.4) is 0 Å². The Labute approximate surface area is 134 Å². The molecule has 0 saturated carbocycles. The van der Waals surface area contributed by atoms with Crippen molar-refractivity contribution in [2.45, 2.75) is 18.9 Å². The summed E-state index contributed by atoms with van der Waals surface area (Å²) in [5.74, 6) is 1.27. The zero-order chi connectivity index (χ0) is 16.2. The molecule has 0 aliphatic carbocycles. The van der Waals surface area contributed by atoms with Crippen LogP contribution in [0.5, 0.6) is 5.88 Å². The summed E-state index contributed by atoms with van der Waals surface area (Å²) in [6.45, 7) is 1.41. The molecule has 0 atom stereocenters. The molecule has 0 unspecified atom stereocenters. The molecule has 0 aromatic carbocycles. The van der Waals surface area contributed by atoms with Gasteiger partial charge in [-0.15, -0.1) is 0 Å². The molecule has 1 N–H and O–H groups in total. The molecule has 1 amide bonds. The van der Waals surface area contributed by atoms with Gasteiger partial charge in [-0.3, -0.25) is 9.48 Å². The number of methoxy groups -OCH3 is 1. The molecule has 2 aromatic heterocycles. The Balaban J connectivity index is 1.55. The predicted octanol–water partition coefficient (Wildman–Crippen LogP) is 0.935.